The van der Waals surface area contributed by atoms with E-state index < -0.39 is 0 Å². The van der Waals surface area contributed by atoms with Gasteiger partial charge in [0.15, 0.2) is 5.78 Å². The molecule has 0 N–H and O–H groups in total. The zero-order valence-corrected chi connectivity index (χ0v) is 16.6. The second kappa shape index (κ2) is 11.5. The minimum atomic E-state index is 0. The molecule has 0 amide bonds. The molecule has 0 spiro atoms. The second-order valence-electron chi connectivity index (χ2n) is 5.49. The van der Waals surface area contributed by atoms with Crippen LogP contribution in [0.3, 0.4) is 0 Å². The van der Waals surface area contributed by atoms with Crippen molar-refractivity contribution in [1.29, 1.82) is 0 Å². The molecule has 1 radical (unpaired) electrons. The number of carbonyl (C=O) groups is 1. The van der Waals surface area contributed by atoms with Crippen LogP contribution in [0, 0.1) is 5.92 Å². The van der Waals surface area contributed by atoms with Crippen LogP contribution >= 0.6 is 0 Å². The number of ketones is 1. The smallest absolute Gasteiger partial charge is 0.151 e. The first-order chi connectivity index (χ1) is 9.97. The molecule has 0 saturated heterocycles. The average molecular weight is 376 g/mol. The van der Waals surface area contributed by atoms with Crippen molar-refractivity contribution in [3.63, 3.8) is 0 Å². The molecule has 0 aliphatic heterocycles. The van der Waals surface area contributed by atoms with Crippen molar-refractivity contribution in [3.8, 4) is 0 Å². The van der Waals surface area contributed by atoms with E-state index in [1.807, 2.05) is 30.3 Å². The summed E-state index contributed by atoms with van der Waals surface area (Å²) >= 11 is 0. The molecular weight excluding hydrogens is 353 g/mol. The van der Waals surface area contributed by atoms with E-state index in [1.165, 1.54) is 11.6 Å². The van der Waals surface area contributed by atoms with E-state index >= 15 is 0 Å². The maximum absolute atomic E-state index is 10.9. The SMILES string of the molecule is CC(=O)Cn1cc(C[N-]c2ccccc2)nn1.CC(C)C.[Y]. The van der Waals surface area contributed by atoms with Gasteiger partial charge < -0.3 is 5.32 Å². The zero-order valence-electron chi connectivity index (χ0n) is 13.7. The summed E-state index contributed by atoms with van der Waals surface area (Å²) in [6.07, 6.45) is 1.74. The Balaban J connectivity index is 0.000000791. The Bertz CT molecular complexity index is 537. The summed E-state index contributed by atoms with van der Waals surface area (Å²) in [5.74, 6) is 0.890. The molecule has 0 aliphatic carbocycles. The van der Waals surface area contributed by atoms with Gasteiger partial charge in [-0.2, -0.15) is 0 Å². The van der Waals surface area contributed by atoms with E-state index in [2.05, 4.69) is 36.4 Å². The van der Waals surface area contributed by atoms with Crippen molar-refractivity contribution >= 4 is 11.5 Å². The maximum Gasteiger partial charge on any atom is 0.151 e. The second-order valence-corrected chi connectivity index (χ2v) is 5.49. The maximum atomic E-state index is 10.9. The van der Waals surface area contributed by atoms with Crippen LogP contribution < -0.4 is 0 Å². The Labute approximate surface area is 157 Å². The van der Waals surface area contributed by atoms with Gasteiger partial charge in [0.05, 0.1) is 5.69 Å². The van der Waals surface area contributed by atoms with E-state index in [1.54, 1.807) is 6.20 Å². The van der Waals surface area contributed by atoms with E-state index in [0.717, 1.165) is 17.3 Å². The first-order valence-electron chi connectivity index (χ1n) is 7.08. The van der Waals surface area contributed by atoms with Gasteiger partial charge in [0.1, 0.15) is 6.54 Å². The summed E-state index contributed by atoms with van der Waals surface area (Å²) in [5, 5.41) is 12.2. The van der Waals surface area contributed by atoms with E-state index in [9.17, 15) is 4.79 Å². The average Bonchev–Trinajstić information content (AvgIpc) is 2.84. The van der Waals surface area contributed by atoms with Gasteiger partial charge in [0.25, 0.3) is 0 Å². The summed E-state index contributed by atoms with van der Waals surface area (Å²) in [6.45, 7) is 8.76. The first-order valence-corrected chi connectivity index (χ1v) is 7.08. The monoisotopic (exact) mass is 376 g/mol. The Morgan fingerprint density at radius 2 is 1.82 bits per heavy atom. The Morgan fingerprint density at radius 3 is 2.36 bits per heavy atom. The third-order valence-electron chi connectivity index (χ3n) is 2.15. The number of aromatic nitrogens is 3. The Kier molecular flexibility index (Phi) is 10.9. The number of para-hydroxylation sites is 1. The summed E-state index contributed by atoms with van der Waals surface area (Å²) in [7, 11) is 0. The van der Waals surface area contributed by atoms with Gasteiger partial charge in [-0.05, 0) is 12.8 Å². The van der Waals surface area contributed by atoms with Crippen LogP contribution in [0.5, 0.6) is 0 Å². The fourth-order valence-electron chi connectivity index (χ4n) is 1.42. The minimum absolute atomic E-state index is 0. The molecule has 6 heteroatoms. The number of benzene rings is 1. The van der Waals surface area contributed by atoms with E-state index in [0.29, 0.717) is 6.54 Å². The predicted octanol–water partition coefficient (Wildman–Crippen LogP) is 3.73. The topological polar surface area (TPSA) is 61.9 Å². The molecule has 0 atom stereocenters. The van der Waals surface area contributed by atoms with Gasteiger partial charge >= 0.3 is 0 Å². The molecule has 0 unspecified atom stereocenters. The summed E-state index contributed by atoms with van der Waals surface area (Å²) in [6, 6.07) is 9.68. The molecule has 0 fully saturated rings. The van der Waals surface area contributed by atoms with Crippen LogP contribution in [0.2, 0.25) is 0 Å². The molecule has 1 aromatic heterocycles. The standard InChI is InChI=1S/C12H13N4O.C4H10.Y/c1-10(17)8-16-9-12(14-15-16)7-13-11-5-3-2-4-6-11;1-4(2)3;/h2-6,9H,7-8H2,1H3;4H,1-3H3;/q-1;;. The van der Waals surface area contributed by atoms with Gasteiger partial charge in [0.2, 0.25) is 0 Å². The Morgan fingerprint density at radius 1 is 1.23 bits per heavy atom. The first kappa shape index (κ1) is 20.9. The fraction of sp³-hybridized carbons (Fsp3) is 0.438. The van der Waals surface area contributed by atoms with Crippen LogP contribution in [-0.4, -0.2) is 20.8 Å². The van der Waals surface area contributed by atoms with Crippen molar-refractivity contribution in [3.05, 3.63) is 47.5 Å². The Hall–Kier alpha value is -1.07. The zero-order chi connectivity index (χ0) is 15.7. The molecule has 2 rings (SSSR count). The molecule has 22 heavy (non-hydrogen) atoms. The van der Waals surface area contributed by atoms with Crippen LogP contribution in [0.15, 0.2) is 36.5 Å². The normalized spacial score (nSPS) is 9.50. The van der Waals surface area contributed by atoms with Crippen molar-refractivity contribution in [2.75, 3.05) is 0 Å². The predicted molar refractivity (Wildman–Crippen MR) is 84.4 cm³/mol. The quantitative estimate of drug-likeness (QED) is 0.799. The number of rotatable bonds is 5. The minimum Gasteiger partial charge on any atom is -0.679 e. The van der Waals surface area contributed by atoms with Crippen LogP contribution in [-0.2, 0) is 50.6 Å². The molecule has 0 bridgehead atoms. The number of hydrogen-bond acceptors (Lipinski definition) is 3. The molecule has 1 aromatic carbocycles. The molecule has 2 aromatic rings. The van der Waals surface area contributed by atoms with Crippen molar-refractivity contribution in [1.82, 2.24) is 15.0 Å². The van der Waals surface area contributed by atoms with Gasteiger partial charge in [-0.15, -0.1) is 10.8 Å². The fourth-order valence-corrected chi connectivity index (χ4v) is 1.42. The number of Topliss-reactive ketones (excluding diaryl/α,β-unsaturated/α-hetero) is 1. The third kappa shape index (κ3) is 9.80. The molecule has 0 saturated carbocycles. The van der Waals surface area contributed by atoms with E-state index in [4.69, 9.17) is 0 Å². The molecule has 117 valence electrons. The number of nitrogens with zero attached hydrogens (tertiary/aromatic N) is 4. The van der Waals surface area contributed by atoms with Gasteiger partial charge in [-0.25, -0.2) is 4.68 Å². The summed E-state index contributed by atoms with van der Waals surface area (Å²) < 4.78 is 1.53. The molecular formula is C16H23N4OY-. The van der Waals surface area contributed by atoms with Crippen molar-refractivity contribution in [2.24, 2.45) is 5.92 Å². The molecule has 0 aliphatic rings. The van der Waals surface area contributed by atoms with Crippen molar-refractivity contribution in [2.45, 2.75) is 40.8 Å². The summed E-state index contributed by atoms with van der Waals surface area (Å²) in [5.41, 5.74) is 1.67. The van der Waals surface area contributed by atoms with Crippen molar-refractivity contribution < 1.29 is 37.5 Å². The largest absolute Gasteiger partial charge is 0.679 e. The number of carbonyl (C=O) groups excluding carboxylic acids is 1. The van der Waals surface area contributed by atoms with E-state index in [-0.39, 0.29) is 45.0 Å². The molecule has 5 nitrogen and oxygen atoms in total. The van der Waals surface area contributed by atoms with Crippen LogP contribution in [0.4, 0.5) is 5.69 Å². The molecule has 1 heterocycles. The van der Waals surface area contributed by atoms with Crippen LogP contribution in [0.1, 0.15) is 33.4 Å². The van der Waals surface area contributed by atoms with Crippen LogP contribution in [0.25, 0.3) is 5.32 Å². The number of hydrogen-bond donors (Lipinski definition) is 0. The third-order valence-corrected chi connectivity index (χ3v) is 2.15. The van der Waals surface area contributed by atoms with Gasteiger partial charge in [-0.3, -0.25) is 4.79 Å². The summed E-state index contributed by atoms with van der Waals surface area (Å²) in [4.78, 5) is 10.9. The van der Waals surface area contributed by atoms with Gasteiger partial charge in [0, 0.05) is 38.9 Å². The van der Waals surface area contributed by atoms with Gasteiger partial charge in [-0.1, -0.05) is 62.9 Å².